The number of carboxylic acid groups (broad SMARTS) is 1. The first kappa shape index (κ1) is 10.5. The Balaban J connectivity index is 3.37. The van der Waals surface area contributed by atoms with Crippen molar-refractivity contribution >= 4 is 5.97 Å². The molecule has 0 fully saturated rings. The van der Waals surface area contributed by atoms with Crippen LogP contribution >= 0.6 is 0 Å². The van der Waals surface area contributed by atoms with Crippen LogP contribution in [0.1, 0.15) is 40.0 Å². The molecule has 66 valence electrons. The van der Waals surface area contributed by atoms with Crippen LogP contribution in [0.15, 0.2) is 0 Å². The number of carboxylic acids is 1. The molecule has 0 aliphatic heterocycles. The Morgan fingerprint density at radius 2 is 1.91 bits per heavy atom. The molecule has 0 aliphatic carbocycles. The summed E-state index contributed by atoms with van der Waals surface area (Å²) in [5, 5.41) is 8.40. The molecule has 0 aromatic carbocycles. The van der Waals surface area contributed by atoms with Gasteiger partial charge < -0.3 is 5.11 Å². The molecular formula is C9H18O2. The summed E-state index contributed by atoms with van der Waals surface area (Å²) < 4.78 is 0. The number of hydrogen-bond donors (Lipinski definition) is 1. The second-order valence-electron chi connectivity index (χ2n) is 3.67. The summed E-state index contributed by atoms with van der Waals surface area (Å²) >= 11 is 0. The van der Waals surface area contributed by atoms with Gasteiger partial charge in [0.25, 0.3) is 0 Å². The zero-order valence-corrected chi connectivity index (χ0v) is 7.63. The van der Waals surface area contributed by atoms with Crippen molar-refractivity contribution in [1.29, 1.82) is 0 Å². The van der Waals surface area contributed by atoms with E-state index in [1.54, 1.807) is 0 Å². The molecule has 2 heteroatoms. The molecule has 0 bridgehead atoms. The highest BCUT2D eigenvalue weighted by Crippen LogP contribution is 2.15. The summed E-state index contributed by atoms with van der Waals surface area (Å²) in [5.74, 6) is 0.547. The number of rotatable bonds is 5. The molecule has 0 aromatic rings. The summed E-state index contributed by atoms with van der Waals surface area (Å²) in [5.41, 5.74) is 0. The lowest BCUT2D eigenvalue weighted by Crippen LogP contribution is -2.03. The molecule has 0 spiro atoms. The number of aliphatic carboxylic acids is 1. The summed E-state index contributed by atoms with van der Waals surface area (Å²) in [7, 11) is 0. The molecule has 0 saturated heterocycles. The van der Waals surface area contributed by atoms with Gasteiger partial charge in [0.15, 0.2) is 0 Å². The van der Waals surface area contributed by atoms with E-state index in [1.807, 2.05) is 0 Å². The normalized spacial score (nSPS) is 13.5. The predicted molar refractivity (Wildman–Crippen MR) is 45.5 cm³/mol. The summed E-state index contributed by atoms with van der Waals surface area (Å²) in [6.45, 7) is 6.44. The fourth-order valence-corrected chi connectivity index (χ4v) is 1.29. The average molecular weight is 158 g/mol. The third kappa shape index (κ3) is 7.37. The van der Waals surface area contributed by atoms with E-state index in [9.17, 15) is 4.79 Å². The molecule has 1 atom stereocenters. The van der Waals surface area contributed by atoms with Crippen LogP contribution in [0.5, 0.6) is 0 Å². The van der Waals surface area contributed by atoms with Crippen molar-refractivity contribution in [2.75, 3.05) is 0 Å². The molecule has 0 saturated carbocycles. The van der Waals surface area contributed by atoms with Crippen LogP contribution in [0.25, 0.3) is 0 Å². The largest absolute Gasteiger partial charge is 0.481 e. The Bertz CT molecular complexity index is 119. The average Bonchev–Trinajstić information content (AvgIpc) is 1.82. The molecular weight excluding hydrogens is 140 g/mol. The van der Waals surface area contributed by atoms with Gasteiger partial charge in [0.2, 0.25) is 0 Å². The second-order valence-corrected chi connectivity index (χ2v) is 3.67. The van der Waals surface area contributed by atoms with Gasteiger partial charge in [-0.15, -0.1) is 0 Å². The number of hydrogen-bond acceptors (Lipinski definition) is 1. The van der Waals surface area contributed by atoms with Gasteiger partial charge in [-0.3, -0.25) is 4.79 Å². The Morgan fingerprint density at radius 3 is 2.27 bits per heavy atom. The smallest absolute Gasteiger partial charge is 0.303 e. The highest BCUT2D eigenvalue weighted by Gasteiger charge is 2.06. The minimum atomic E-state index is -0.680. The lowest BCUT2D eigenvalue weighted by molar-refractivity contribution is -0.137. The molecule has 11 heavy (non-hydrogen) atoms. The van der Waals surface area contributed by atoms with Gasteiger partial charge in [-0.05, 0) is 24.7 Å². The molecule has 0 aromatic heterocycles. The van der Waals surface area contributed by atoms with E-state index in [-0.39, 0.29) is 0 Å². The molecule has 0 amide bonds. The predicted octanol–water partition coefficient (Wildman–Crippen LogP) is 2.53. The zero-order chi connectivity index (χ0) is 8.85. The zero-order valence-electron chi connectivity index (χ0n) is 7.63. The Kier molecular flexibility index (Phi) is 4.92. The SMILES string of the molecule is CC(C)C[C@@H](C)CCC(=O)O. The Hall–Kier alpha value is -0.530. The van der Waals surface area contributed by atoms with E-state index in [0.717, 1.165) is 12.8 Å². The van der Waals surface area contributed by atoms with Gasteiger partial charge >= 0.3 is 5.97 Å². The highest BCUT2D eigenvalue weighted by molar-refractivity contribution is 5.66. The molecule has 2 nitrogen and oxygen atoms in total. The van der Waals surface area contributed by atoms with Gasteiger partial charge in [0.1, 0.15) is 0 Å². The van der Waals surface area contributed by atoms with Crippen molar-refractivity contribution in [3.8, 4) is 0 Å². The maximum Gasteiger partial charge on any atom is 0.303 e. The van der Waals surface area contributed by atoms with Gasteiger partial charge in [-0.25, -0.2) is 0 Å². The second kappa shape index (κ2) is 5.16. The van der Waals surface area contributed by atoms with Crippen molar-refractivity contribution in [1.82, 2.24) is 0 Å². The van der Waals surface area contributed by atoms with E-state index in [1.165, 1.54) is 0 Å². The van der Waals surface area contributed by atoms with Crippen LogP contribution in [0.3, 0.4) is 0 Å². The van der Waals surface area contributed by atoms with E-state index in [4.69, 9.17) is 5.11 Å². The molecule has 0 radical (unpaired) electrons. The first-order chi connectivity index (χ1) is 5.02. The van der Waals surface area contributed by atoms with Gasteiger partial charge in [0.05, 0.1) is 0 Å². The van der Waals surface area contributed by atoms with E-state index in [0.29, 0.717) is 18.3 Å². The maximum absolute atomic E-state index is 10.2. The summed E-state index contributed by atoms with van der Waals surface area (Å²) in [6.07, 6.45) is 2.26. The minimum Gasteiger partial charge on any atom is -0.481 e. The van der Waals surface area contributed by atoms with Crippen molar-refractivity contribution < 1.29 is 9.90 Å². The molecule has 0 heterocycles. The van der Waals surface area contributed by atoms with Crippen LogP contribution in [0.4, 0.5) is 0 Å². The first-order valence-electron chi connectivity index (χ1n) is 4.24. The van der Waals surface area contributed by atoms with Gasteiger partial charge in [-0.1, -0.05) is 20.8 Å². The van der Waals surface area contributed by atoms with Crippen molar-refractivity contribution in [3.63, 3.8) is 0 Å². The quantitative estimate of drug-likeness (QED) is 0.667. The standard InChI is InChI=1S/C9H18O2/c1-7(2)6-8(3)4-5-9(10)11/h7-8H,4-6H2,1-3H3,(H,10,11)/t8-/m0/s1. The van der Waals surface area contributed by atoms with Crippen molar-refractivity contribution in [2.45, 2.75) is 40.0 Å². The topological polar surface area (TPSA) is 37.3 Å². The molecule has 1 N–H and O–H groups in total. The minimum absolute atomic E-state index is 0.313. The fourth-order valence-electron chi connectivity index (χ4n) is 1.29. The van der Waals surface area contributed by atoms with E-state index >= 15 is 0 Å². The third-order valence-electron chi connectivity index (χ3n) is 1.72. The molecule has 0 unspecified atom stereocenters. The molecule has 0 rings (SSSR count). The number of carbonyl (C=O) groups is 1. The lowest BCUT2D eigenvalue weighted by atomic mass is 9.95. The highest BCUT2D eigenvalue weighted by atomic mass is 16.4. The van der Waals surface area contributed by atoms with Crippen LogP contribution in [0.2, 0.25) is 0 Å². The van der Waals surface area contributed by atoms with E-state index in [2.05, 4.69) is 20.8 Å². The van der Waals surface area contributed by atoms with E-state index < -0.39 is 5.97 Å². The van der Waals surface area contributed by atoms with Crippen LogP contribution in [0, 0.1) is 11.8 Å². The third-order valence-corrected chi connectivity index (χ3v) is 1.72. The summed E-state index contributed by atoms with van der Waals surface area (Å²) in [6, 6.07) is 0. The van der Waals surface area contributed by atoms with Crippen LogP contribution < -0.4 is 0 Å². The van der Waals surface area contributed by atoms with Crippen molar-refractivity contribution in [3.05, 3.63) is 0 Å². The maximum atomic E-state index is 10.2. The summed E-state index contributed by atoms with van der Waals surface area (Å²) in [4.78, 5) is 10.2. The Morgan fingerprint density at radius 1 is 1.36 bits per heavy atom. The monoisotopic (exact) mass is 158 g/mol. The van der Waals surface area contributed by atoms with Gasteiger partial charge in [-0.2, -0.15) is 0 Å². The first-order valence-corrected chi connectivity index (χ1v) is 4.24. The Labute approximate surface area is 68.6 Å². The van der Waals surface area contributed by atoms with Crippen LogP contribution in [-0.4, -0.2) is 11.1 Å². The fraction of sp³-hybridized carbons (Fsp3) is 0.889. The van der Waals surface area contributed by atoms with Gasteiger partial charge in [0, 0.05) is 6.42 Å². The lowest BCUT2D eigenvalue weighted by Gasteiger charge is -2.11. The molecule has 0 aliphatic rings. The van der Waals surface area contributed by atoms with Crippen molar-refractivity contribution in [2.24, 2.45) is 11.8 Å². The van der Waals surface area contributed by atoms with Crippen LogP contribution in [-0.2, 0) is 4.79 Å².